The minimum atomic E-state index is -1.06. The number of carboxylic acids is 1. The van der Waals surface area contributed by atoms with Gasteiger partial charge in [-0.25, -0.2) is 4.39 Å². The quantitative estimate of drug-likeness (QED) is 0.781. The maximum absolute atomic E-state index is 12.7. The lowest BCUT2D eigenvalue weighted by Crippen LogP contribution is -2.38. The highest BCUT2D eigenvalue weighted by Gasteiger charge is 2.16. The average Bonchev–Trinajstić information content (AvgIpc) is 2.42. The molecule has 1 N–H and O–H groups in total. The maximum Gasteiger partial charge on any atom is 0.323 e. The fraction of sp³-hybridized carbons (Fsp3) is 0.429. The van der Waals surface area contributed by atoms with Gasteiger partial charge < -0.3 is 14.7 Å². The number of halogens is 1. The van der Waals surface area contributed by atoms with Crippen LogP contribution in [0.25, 0.3) is 0 Å². The zero-order chi connectivity index (χ0) is 15.0. The van der Waals surface area contributed by atoms with Crippen molar-refractivity contribution >= 4 is 11.9 Å². The Hall–Kier alpha value is -1.95. The van der Waals surface area contributed by atoms with Gasteiger partial charge in [0, 0.05) is 20.1 Å². The molecule has 1 amide bonds. The molecular weight excluding hydrogens is 265 g/mol. The van der Waals surface area contributed by atoms with Gasteiger partial charge in [0.05, 0.1) is 6.61 Å². The first kappa shape index (κ1) is 16.1. The van der Waals surface area contributed by atoms with Crippen molar-refractivity contribution in [1.82, 2.24) is 4.90 Å². The van der Waals surface area contributed by atoms with Crippen molar-refractivity contribution in [1.29, 1.82) is 0 Å². The number of amides is 1. The van der Waals surface area contributed by atoms with Gasteiger partial charge in [0.15, 0.2) is 0 Å². The summed E-state index contributed by atoms with van der Waals surface area (Å²) in [7, 11) is 1.49. The molecule has 0 aromatic heterocycles. The Bertz CT molecular complexity index is 447. The molecule has 20 heavy (non-hydrogen) atoms. The highest BCUT2D eigenvalue weighted by molar-refractivity contribution is 5.81. The molecule has 1 aromatic carbocycles. The third-order valence-corrected chi connectivity index (χ3v) is 2.78. The van der Waals surface area contributed by atoms with Crippen LogP contribution in [0.3, 0.4) is 0 Å². The summed E-state index contributed by atoms with van der Waals surface area (Å²) in [5.74, 6) is -1.64. The molecule has 1 aromatic rings. The van der Waals surface area contributed by atoms with Gasteiger partial charge in [-0.3, -0.25) is 9.59 Å². The van der Waals surface area contributed by atoms with Crippen LogP contribution in [0.4, 0.5) is 4.39 Å². The molecule has 0 saturated heterocycles. The van der Waals surface area contributed by atoms with Crippen LogP contribution in [0.5, 0.6) is 0 Å². The van der Waals surface area contributed by atoms with E-state index in [0.29, 0.717) is 6.42 Å². The standard InChI is InChI=1S/C14H18FNO4/c1-20-9-8-16(10-14(18)19)13(17)7-4-11-2-5-12(15)6-3-11/h2-3,5-6H,4,7-10H2,1H3,(H,18,19). The molecule has 0 aliphatic carbocycles. The van der Waals surface area contributed by atoms with Crippen molar-refractivity contribution in [2.45, 2.75) is 12.8 Å². The second kappa shape index (κ2) is 8.27. The average molecular weight is 283 g/mol. The number of rotatable bonds is 8. The summed E-state index contributed by atoms with van der Waals surface area (Å²) >= 11 is 0. The van der Waals surface area contributed by atoms with E-state index in [1.165, 1.54) is 24.1 Å². The van der Waals surface area contributed by atoms with Crippen LogP contribution in [-0.2, 0) is 20.7 Å². The van der Waals surface area contributed by atoms with Crippen molar-refractivity contribution in [3.8, 4) is 0 Å². The van der Waals surface area contributed by atoms with Gasteiger partial charge in [0.25, 0.3) is 0 Å². The Morgan fingerprint density at radius 2 is 1.95 bits per heavy atom. The molecule has 0 spiro atoms. The topological polar surface area (TPSA) is 66.8 Å². The van der Waals surface area contributed by atoms with E-state index in [4.69, 9.17) is 9.84 Å². The summed E-state index contributed by atoms with van der Waals surface area (Å²) in [6, 6.07) is 5.89. The third kappa shape index (κ3) is 5.79. The molecule has 110 valence electrons. The highest BCUT2D eigenvalue weighted by atomic mass is 19.1. The summed E-state index contributed by atoms with van der Waals surface area (Å²) in [4.78, 5) is 23.9. The van der Waals surface area contributed by atoms with Gasteiger partial charge in [-0.2, -0.15) is 0 Å². The van der Waals surface area contributed by atoms with Crippen molar-refractivity contribution in [2.24, 2.45) is 0 Å². The van der Waals surface area contributed by atoms with Gasteiger partial charge in [0.1, 0.15) is 12.4 Å². The van der Waals surface area contributed by atoms with Crippen LogP contribution in [0, 0.1) is 5.82 Å². The fourth-order valence-corrected chi connectivity index (χ4v) is 1.72. The van der Waals surface area contributed by atoms with Gasteiger partial charge in [-0.05, 0) is 24.1 Å². The minimum absolute atomic E-state index is 0.183. The van der Waals surface area contributed by atoms with Crippen LogP contribution in [0.15, 0.2) is 24.3 Å². The number of carbonyl (C=O) groups is 2. The number of nitrogens with zero attached hydrogens (tertiary/aromatic N) is 1. The normalized spacial score (nSPS) is 10.3. The molecule has 0 fully saturated rings. The van der Waals surface area contributed by atoms with E-state index < -0.39 is 5.97 Å². The van der Waals surface area contributed by atoms with Gasteiger partial charge >= 0.3 is 5.97 Å². The molecule has 0 aliphatic rings. The molecule has 6 heteroatoms. The van der Waals surface area contributed by atoms with Crippen molar-refractivity contribution in [3.05, 3.63) is 35.6 Å². The van der Waals surface area contributed by atoms with Crippen LogP contribution in [0.1, 0.15) is 12.0 Å². The first-order chi connectivity index (χ1) is 9.52. The van der Waals surface area contributed by atoms with Crippen LogP contribution in [0.2, 0.25) is 0 Å². The molecule has 0 saturated carbocycles. The lowest BCUT2D eigenvalue weighted by atomic mass is 10.1. The van der Waals surface area contributed by atoms with E-state index in [9.17, 15) is 14.0 Å². The number of carbonyl (C=O) groups excluding carboxylic acids is 1. The monoisotopic (exact) mass is 283 g/mol. The third-order valence-electron chi connectivity index (χ3n) is 2.78. The second-order valence-electron chi connectivity index (χ2n) is 4.33. The summed E-state index contributed by atoms with van der Waals surface area (Å²) < 4.78 is 17.6. The Morgan fingerprint density at radius 3 is 2.50 bits per heavy atom. The van der Waals surface area contributed by atoms with E-state index in [0.717, 1.165) is 5.56 Å². The number of aliphatic carboxylic acids is 1. The van der Waals surface area contributed by atoms with E-state index in [-0.39, 0.29) is 37.8 Å². The van der Waals surface area contributed by atoms with Gasteiger partial charge in [0.2, 0.25) is 5.91 Å². The largest absolute Gasteiger partial charge is 0.480 e. The van der Waals surface area contributed by atoms with E-state index >= 15 is 0 Å². The Balaban J connectivity index is 2.51. The molecular formula is C14H18FNO4. The summed E-state index contributed by atoms with van der Waals surface area (Å²) in [6.07, 6.45) is 0.630. The number of carboxylic acid groups (broad SMARTS) is 1. The molecule has 0 atom stereocenters. The SMILES string of the molecule is COCCN(CC(=O)O)C(=O)CCc1ccc(F)cc1. The van der Waals surface area contributed by atoms with Crippen molar-refractivity contribution < 1.29 is 23.8 Å². The number of aryl methyl sites for hydroxylation is 1. The Morgan fingerprint density at radius 1 is 1.30 bits per heavy atom. The minimum Gasteiger partial charge on any atom is -0.480 e. The fourth-order valence-electron chi connectivity index (χ4n) is 1.72. The predicted octanol–water partition coefficient (Wildman–Crippen LogP) is 1.32. The number of ether oxygens (including phenoxy) is 1. The summed E-state index contributed by atoms with van der Waals surface area (Å²) in [6.45, 7) is 0.187. The van der Waals surface area contributed by atoms with E-state index in [1.807, 2.05) is 0 Å². The molecule has 0 aliphatic heterocycles. The Kier molecular flexibility index (Phi) is 6.66. The molecule has 0 radical (unpaired) electrons. The predicted molar refractivity (Wildman–Crippen MR) is 70.8 cm³/mol. The molecule has 0 heterocycles. The van der Waals surface area contributed by atoms with E-state index in [1.54, 1.807) is 12.1 Å². The number of hydrogen-bond acceptors (Lipinski definition) is 3. The van der Waals surface area contributed by atoms with Crippen molar-refractivity contribution in [3.63, 3.8) is 0 Å². The number of hydrogen-bond donors (Lipinski definition) is 1. The zero-order valence-corrected chi connectivity index (χ0v) is 11.3. The van der Waals surface area contributed by atoms with E-state index in [2.05, 4.69) is 0 Å². The number of methoxy groups -OCH3 is 1. The second-order valence-corrected chi connectivity index (χ2v) is 4.33. The smallest absolute Gasteiger partial charge is 0.323 e. The summed E-state index contributed by atoms with van der Waals surface area (Å²) in [5.41, 5.74) is 0.835. The number of benzene rings is 1. The van der Waals surface area contributed by atoms with Crippen molar-refractivity contribution in [2.75, 3.05) is 26.8 Å². The van der Waals surface area contributed by atoms with Crippen LogP contribution < -0.4 is 0 Å². The van der Waals surface area contributed by atoms with Crippen LogP contribution in [-0.4, -0.2) is 48.7 Å². The zero-order valence-electron chi connectivity index (χ0n) is 11.3. The molecule has 1 rings (SSSR count). The highest BCUT2D eigenvalue weighted by Crippen LogP contribution is 2.07. The van der Waals surface area contributed by atoms with Gasteiger partial charge in [-0.15, -0.1) is 0 Å². The Labute approximate surface area is 117 Å². The lowest BCUT2D eigenvalue weighted by molar-refractivity contribution is -0.144. The first-order valence-corrected chi connectivity index (χ1v) is 6.26. The molecule has 5 nitrogen and oxygen atoms in total. The maximum atomic E-state index is 12.7. The summed E-state index contributed by atoms with van der Waals surface area (Å²) in [5, 5.41) is 8.77. The molecule has 0 unspecified atom stereocenters. The lowest BCUT2D eigenvalue weighted by Gasteiger charge is -2.20. The van der Waals surface area contributed by atoms with Crippen LogP contribution >= 0.6 is 0 Å². The van der Waals surface area contributed by atoms with Gasteiger partial charge in [-0.1, -0.05) is 12.1 Å². The molecule has 0 bridgehead atoms. The first-order valence-electron chi connectivity index (χ1n) is 6.26.